The lowest BCUT2D eigenvalue weighted by Gasteiger charge is -2.34. The Kier molecular flexibility index (Phi) is 7.12. The highest BCUT2D eigenvalue weighted by molar-refractivity contribution is 7.98. The number of thioether (sulfide) groups is 1. The number of sulfonamides is 1. The van der Waals surface area contributed by atoms with E-state index in [-0.39, 0.29) is 16.7 Å². The van der Waals surface area contributed by atoms with E-state index < -0.39 is 22.2 Å². The number of rotatable bonds is 6. The van der Waals surface area contributed by atoms with Gasteiger partial charge in [-0.3, -0.25) is 4.79 Å². The van der Waals surface area contributed by atoms with E-state index in [0.29, 0.717) is 18.5 Å². The van der Waals surface area contributed by atoms with Gasteiger partial charge in [-0.2, -0.15) is 4.31 Å². The second-order valence-corrected chi connectivity index (χ2v) is 9.79. The maximum atomic E-state index is 13.0. The molecule has 1 aliphatic rings. The van der Waals surface area contributed by atoms with Gasteiger partial charge in [0.05, 0.1) is 22.7 Å². The van der Waals surface area contributed by atoms with Crippen molar-refractivity contribution in [2.75, 3.05) is 18.6 Å². The SMILES string of the molecule is CSc1ccc(S(=O)(=O)N(C)[C@@H]2CCCC[C@H]2O)cc1NC(=O)C(C)C. The Hall–Kier alpha value is -1.09. The molecule has 0 saturated heterocycles. The van der Waals surface area contributed by atoms with Crippen molar-refractivity contribution in [1.29, 1.82) is 0 Å². The van der Waals surface area contributed by atoms with E-state index in [1.165, 1.54) is 29.2 Å². The minimum Gasteiger partial charge on any atom is -0.391 e. The van der Waals surface area contributed by atoms with Crippen molar-refractivity contribution >= 4 is 33.4 Å². The molecule has 2 N–H and O–H groups in total. The predicted octanol–water partition coefficient (Wildman–Crippen LogP) is 2.93. The molecule has 2 rings (SSSR count). The maximum Gasteiger partial charge on any atom is 0.243 e. The van der Waals surface area contributed by atoms with Crippen LogP contribution < -0.4 is 5.32 Å². The highest BCUT2D eigenvalue weighted by atomic mass is 32.2. The van der Waals surface area contributed by atoms with Crippen LogP contribution in [0.3, 0.4) is 0 Å². The third kappa shape index (κ3) is 4.60. The molecule has 146 valence electrons. The number of aliphatic hydroxyl groups is 1. The quantitative estimate of drug-likeness (QED) is 0.717. The number of carbonyl (C=O) groups is 1. The predicted molar refractivity (Wildman–Crippen MR) is 105 cm³/mol. The monoisotopic (exact) mass is 400 g/mol. The summed E-state index contributed by atoms with van der Waals surface area (Å²) >= 11 is 1.44. The molecule has 2 atom stereocenters. The molecule has 1 aliphatic carbocycles. The van der Waals surface area contributed by atoms with E-state index in [2.05, 4.69) is 5.32 Å². The Morgan fingerprint density at radius 1 is 1.31 bits per heavy atom. The van der Waals surface area contributed by atoms with E-state index in [1.807, 2.05) is 6.26 Å². The number of nitrogens with one attached hydrogen (secondary N) is 1. The van der Waals surface area contributed by atoms with Gasteiger partial charge in [0.25, 0.3) is 0 Å². The Morgan fingerprint density at radius 2 is 1.96 bits per heavy atom. The lowest BCUT2D eigenvalue weighted by Crippen LogP contribution is -2.46. The van der Waals surface area contributed by atoms with Gasteiger partial charge >= 0.3 is 0 Å². The summed E-state index contributed by atoms with van der Waals surface area (Å²) in [6, 6.07) is 4.35. The Balaban J connectivity index is 2.35. The number of likely N-dealkylation sites (N-methyl/N-ethyl adjacent to an activating group) is 1. The fourth-order valence-electron chi connectivity index (χ4n) is 3.08. The summed E-state index contributed by atoms with van der Waals surface area (Å²) in [4.78, 5) is 13.0. The van der Waals surface area contributed by atoms with E-state index in [1.54, 1.807) is 26.0 Å². The van der Waals surface area contributed by atoms with Gasteiger partial charge in [0.2, 0.25) is 15.9 Å². The molecular formula is C18H28N2O4S2. The largest absolute Gasteiger partial charge is 0.391 e. The average molecular weight is 401 g/mol. The summed E-state index contributed by atoms with van der Waals surface area (Å²) in [6.45, 7) is 3.57. The number of hydrogen-bond acceptors (Lipinski definition) is 5. The van der Waals surface area contributed by atoms with Crippen molar-refractivity contribution in [1.82, 2.24) is 4.31 Å². The summed E-state index contributed by atoms with van der Waals surface area (Å²) < 4.78 is 27.4. The Labute approximate surface area is 160 Å². The van der Waals surface area contributed by atoms with Crippen molar-refractivity contribution in [3.05, 3.63) is 18.2 Å². The van der Waals surface area contributed by atoms with Crippen LogP contribution in [-0.2, 0) is 14.8 Å². The number of amides is 1. The molecule has 1 amide bonds. The van der Waals surface area contributed by atoms with Gasteiger partial charge in [-0.1, -0.05) is 26.7 Å². The van der Waals surface area contributed by atoms with E-state index in [9.17, 15) is 18.3 Å². The van der Waals surface area contributed by atoms with Gasteiger partial charge < -0.3 is 10.4 Å². The van der Waals surface area contributed by atoms with Crippen LogP contribution in [0, 0.1) is 5.92 Å². The molecule has 8 heteroatoms. The second kappa shape index (κ2) is 8.73. The van der Waals surface area contributed by atoms with Crippen LogP contribution in [0.4, 0.5) is 5.69 Å². The molecule has 1 saturated carbocycles. The van der Waals surface area contributed by atoms with Crippen LogP contribution in [0.5, 0.6) is 0 Å². The molecular weight excluding hydrogens is 372 g/mol. The zero-order chi connectivity index (χ0) is 19.5. The van der Waals surface area contributed by atoms with Crippen LogP contribution in [0.15, 0.2) is 28.0 Å². The minimum absolute atomic E-state index is 0.120. The van der Waals surface area contributed by atoms with Crippen LogP contribution in [0.2, 0.25) is 0 Å². The highest BCUT2D eigenvalue weighted by Gasteiger charge is 2.34. The molecule has 0 radical (unpaired) electrons. The first kappa shape index (κ1) is 21.2. The van der Waals surface area contributed by atoms with E-state index in [0.717, 1.165) is 17.7 Å². The average Bonchev–Trinajstić information content (AvgIpc) is 2.61. The van der Waals surface area contributed by atoms with E-state index >= 15 is 0 Å². The summed E-state index contributed by atoms with van der Waals surface area (Å²) in [5.74, 6) is -0.365. The van der Waals surface area contributed by atoms with E-state index in [4.69, 9.17) is 0 Å². The molecule has 0 aromatic heterocycles. The molecule has 0 bridgehead atoms. The smallest absolute Gasteiger partial charge is 0.243 e. The van der Waals surface area contributed by atoms with Gasteiger partial charge in [-0.25, -0.2) is 8.42 Å². The summed E-state index contributed by atoms with van der Waals surface area (Å²) in [7, 11) is -2.25. The standard InChI is InChI=1S/C18H28N2O4S2/c1-12(2)18(22)19-14-11-13(9-10-17(14)25-4)26(23,24)20(3)15-7-5-6-8-16(15)21/h9-12,15-16,21H,5-8H2,1-4H3,(H,19,22)/t15-,16-/m1/s1. The Bertz CT molecular complexity index is 750. The second-order valence-electron chi connectivity index (χ2n) is 6.95. The number of hydrogen-bond donors (Lipinski definition) is 2. The first-order chi connectivity index (χ1) is 12.2. The van der Waals surface area contributed by atoms with Crippen LogP contribution in [0.1, 0.15) is 39.5 Å². The molecule has 1 aromatic carbocycles. The number of nitrogens with zero attached hydrogens (tertiary/aromatic N) is 1. The minimum atomic E-state index is -3.76. The van der Waals surface area contributed by atoms with Gasteiger partial charge in [0.1, 0.15) is 0 Å². The van der Waals surface area contributed by atoms with Crippen molar-refractivity contribution in [2.45, 2.75) is 61.5 Å². The van der Waals surface area contributed by atoms with Crippen LogP contribution >= 0.6 is 11.8 Å². The summed E-state index contributed by atoms with van der Waals surface area (Å²) in [5, 5.41) is 13.0. The van der Waals surface area contributed by atoms with Crippen LogP contribution in [0.25, 0.3) is 0 Å². The summed E-state index contributed by atoms with van der Waals surface area (Å²) in [5.41, 5.74) is 0.495. The molecule has 1 aromatic rings. The topological polar surface area (TPSA) is 86.7 Å². The lowest BCUT2D eigenvalue weighted by atomic mass is 9.93. The van der Waals surface area contributed by atoms with Crippen molar-refractivity contribution in [3.8, 4) is 0 Å². The fourth-order valence-corrected chi connectivity index (χ4v) is 5.06. The fraction of sp³-hybridized carbons (Fsp3) is 0.611. The van der Waals surface area contributed by atoms with Gasteiger partial charge in [0, 0.05) is 17.9 Å². The summed E-state index contributed by atoms with van der Waals surface area (Å²) in [6.07, 6.45) is 4.32. The molecule has 26 heavy (non-hydrogen) atoms. The molecule has 0 aliphatic heterocycles. The number of benzene rings is 1. The molecule has 6 nitrogen and oxygen atoms in total. The van der Waals surface area contributed by atoms with Gasteiger partial charge in [-0.05, 0) is 37.3 Å². The normalized spacial score (nSPS) is 21.2. The highest BCUT2D eigenvalue weighted by Crippen LogP contribution is 2.32. The molecule has 0 spiro atoms. The van der Waals surface area contributed by atoms with Gasteiger partial charge in [0.15, 0.2) is 0 Å². The molecule has 0 heterocycles. The van der Waals surface area contributed by atoms with Crippen LogP contribution in [-0.4, -0.2) is 49.2 Å². The lowest BCUT2D eigenvalue weighted by molar-refractivity contribution is -0.118. The third-order valence-corrected chi connectivity index (χ3v) is 7.47. The third-order valence-electron chi connectivity index (χ3n) is 4.79. The van der Waals surface area contributed by atoms with Crippen molar-refractivity contribution < 1.29 is 18.3 Å². The molecule has 0 unspecified atom stereocenters. The van der Waals surface area contributed by atoms with Crippen molar-refractivity contribution in [2.24, 2.45) is 5.92 Å². The zero-order valence-corrected chi connectivity index (χ0v) is 17.4. The first-order valence-electron chi connectivity index (χ1n) is 8.83. The Morgan fingerprint density at radius 3 is 2.54 bits per heavy atom. The number of carbonyl (C=O) groups excluding carboxylic acids is 1. The maximum absolute atomic E-state index is 13.0. The number of anilines is 1. The zero-order valence-electron chi connectivity index (χ0n) is 15.7. The van der Waals surface area contributed by atoms with Gasteiger partial charge in [-0.15, -0.1) is 11.8 Å². The number of aliphatic hydroxyl groups excluding tert-OH is 1. The van der Waals surface area contributed by atoms with Crippen molar-refractivity contribution in [3.63, 3.8) is 0 Å². The molecule has 1 fully saturated rings. The first-order valence-corrected chi connectivity index (χ1v) is 11.5.